The first-order chi connectivity index (χ1) is 15.8. The van der Waals surface area contributed by atoms with Crippen LogP contribution < -0.4 is 0 Å². The number of aromatic hydroxyl groups is 1. The average molecular weight is 561 g/mol. The minimum Gasteiger partial charge on any atom is -0.508 e. The summed E-state index contributed by atoms with van der Waals surface area (Å²) in [7, 11) is 0. The van der Waals surface area contributed by atoms with E-state index in [9.17, 15) is 0 Å². The molecule has 3 aromatic carbocycles. The lowest BCUT2D eigenvalue weighted by atomic mass is 9.97. The van der Waals surface area contributed by atoms with Gasteiger partial charge in [-0.15, -0.1) is 0 Å². The Morgan fingerprint density at radius 2 is 1.10 bits per heavy atom. The third kappa shape index (κ3) is 14.6. The first-order valence-corrected chi connectivity index (χ1v) is 12.8. The maximum atomic E-state index is 9.01. The lowest BCUT2D eigenvalue weighted by Crippen LogP contribution is -1.97. The Labute approximate surface area is 251 Å². The Morgan fingerprint density at radius 1 is 0.692 bits per heavy atom. The molecule has 4 atom stereocenters. The zero-order valence-electron chi connectivity index (χ0n) is 21.2. The second-order valence-electron chi connectivity index (χ2n) is 9.43. The van der Waals surface area contributed by atoms with E-state index in [0.29, 0.717) is 17.6 Å². The van der Waals surface area contributed by atoms with Crippen LogP contribution in [0, 0.1) is 5.92 Å². The van der Waals surface area contributed by atoms with E-state index in [1.165, 1.54) is 24.0 Å². The number of benzene rings is 3. The molecule has 0 saturated heterocycles. The molecule has 1 aliphatic rings. The van der Waals surface area contributed by atoms with Crippen molar-refractivity contribution < 1.29 is 5.11 Å². The first-order valence-electron chi connectivity index (χ1n) is 12.4. The van der Waals surface area contributed by atoms with Crippen molar-refractivity contribution in [2.45, 2.75) is 123 Å². The summed E-state index contributed by atoms with van der Waals surface area (Å²) in [5, 5.41) is 9.83. The highest BCUT2D eigenvalue weighted by Crippen LogP contribution is 2.36. The van der Waals surface area contributed by atoms with Crippen LogP contribution in [-0.2, 0) is 6.42 Å². The van der Waals surface area contributed by atoms with Crippen LogP contribution in [0.3, 0.4) is 0 Å². The Hall–Kier alpha value is -2.25. The summed E-state index contributed by atoms with van der Waals surface area (Å²) in [6, 6.07) is 24.3. The SMILES string of the molecule is C.C.C.C.C.C.CC1Cc2ccccc2C1C.CCC(C)c1ccc(Cl)cc1.CCC(C)c1ccc(O)cc1. The fourth-order valence-electron chi connectivity index (χ4n) is 4.06. The van der Waals surface area contributed by atoms with Crippen molar-refractivity contribution >= 4 is 11.6 Å². The van der Waals surface area contributed by atoms with Crippen LogP contribution in [0.5, 0.6) is 5.75 Å². The minimum absolute atomic E-state index is 0. The molecule has 4 rings (SSSR count). The van der Waals surface area contributed by atoms with Gasteiger partial charge in [0.1, 0.15) is 5.75 Å². The monoisotopic (exact) mass is 560 g/mol. The van der Waals surface area contributed by atoms with Gasteiger partial charge in [0, 0.05) is 5.02 Å². The van der Waals surface area contributed by atoms with Gasteiger partial charge in [-0.1, -0.05) is 146 Å². The molecule has 39 heavy (non-hydrogen) atoms. The number of phenolic OH excluding ortho intramolecular Hbond substituents is 1. The van der Waals surface area contributed by atoms with Gasteiger partial charge in [-0.2, -0.15) is 0 Å². The molecule has 2 heteroatoms. The predicted octanol–water partition coefficient (Wildman–Crippen LogP) is 13.6. The van der Waals surface area contributed by atoms with Gasteiger partial charge in [0.15, 0.2) is 0 Å². The summed E-state index contributed by atoms with van der Waals surface area (Å²) in [5.41, 5.74) is 5.80. The highest BCUT2D eigenvalue weighted by molar-refractivity contribution is 6.30. The molecule has 0 radical (unpaired) electrons. The van der Waals surface area contributed by atoms with E-state index < -0.39 is 0 Å². The highest BCUT2D eigenvalue weighted by Gasteiger charge is 2.24. The summed E-state index contributed by atoms with van der Waals surface area (Å²) in [6.45, 7) is 13.4. The number of rotatable bonds is 4. The van der Waals surface area contributed by atoms with Crippen LogP contribution in [0.4, 0.5) is 0 Å². The van der Waals surface area contributed by atoms with E-state index in [-0.39, 0.29) is 44.6 Å². The van der Waals surface area contributed by atoms with Crippen molar-refractivity contribution in [3.8, 4) is 5.75 Å². The van der Waals surface area contributed by atoms with Gasteiger partial charge in [0.05, 0.1) is 0 Å². The molecule has 4 unspecified atom stereocenters. The standard InChI is InChI=1S/C11H14.C10H13Cl.C10H14O.6CH4/c1-8-7-10-5-3-4-6-11(10)9(8)2;2*1-3-8(2)9-4-6-10(11)7-5-9;;;;;;/h3-6,8-9H,7H2,1-2H3;4-8H,3H2,1-2H3;4-8,11H,3H2,1-2H3;6*1H4. The van der Waals surface area contributed by atoms with E-state index in [1.807, 2.05) is 24.3 Å². The fraction of sp³-hybridized carbons (Fsp3) is 0.514. The van der Waals surface area contributed by atoms with Gasteiger partial charge < -0.3 is 5.11 Å². The van der Waals surface area contributed by atoms with Crippen molar-refractivity contribution in [1.29, 1.82) is 0 Å². The summed E-state index contributed by atoms with van der Waals surface area (Å²) in [6.07, 6.45) is 3.60. The van der Waals surface area contributed by atoms with Crippen molar-refractivity contribution in [3.05, 3.63) is 100 Å². The third-order valence-electron chi connectivity index (χ3n) is 7.07. The van der Waals surface area contributed by atoms with Crippen LogP contribution in [-0.4, -0.2) is 5.11 Å². The second kappa shape index (κ2) is 23.6. The number of fused-ring (bicyclic) bond motifs is 1. The lowest BCUT2D eigenvalue weighted by molar-refractivity contribution is 0.475. The van der Waals surface area contributed by atoms with Gasteiger partial charge in [-0.3, -0.25) is 0 Å². The summed E-state index contributed by atoms with van der Waals surface area (Å²) in [4.78, 5) is 0. The maximum absolute atomic E-state index is 9.01. The lowest BCUT2D eigenvalue weighted by Gasteiger charge is -2.08. The van der Waals surface area contributed by atoms with Crippen LogP contribution >= 0.6 is 11.6 Å². The van der Waals surface area contributed by atoms with Crippen LogP contribution in [0.1, 0.15) is 139 Å². The first kappa shape index (κ1) is 46.6. The smallest absolute Gasteiger partial charge is 0.115 e. The van der Waals surface area contributed by atoms with Crippen molar-refractivity contribution in [2.75, 3.05) is 0 Å². The molecule has 0 spiro atoms. The van der Waals surface area contributed by atoms with Gasteiger partial charge in [0.2, 0.25) is 0 Å². The normalized spacial score (nSPS) is 15.4. The summed E-state index contributed by atoms with van der Waals surface area (Å²) < 4.78 is 0. The zero-order valence-corrected chi connectivity index (χ0v) is 21.9. The molecule has 0 aliphatic heterocycles. The molecule has 1 nitrogen and oxygen atoms in total. The van der Waals surface area contributed by atoms with Crippen LogP contribution in [0.25, 0.3) is 0 Å². The van der Waals surface area contributed by atoms with Gasteiger partial charge in [0.25, 0.3) is 0 Å². The average Bonchev–Trinajstić information content (AvgIpc) is 3.13. The predicted molar refractivity (Wildman–Crippen MR) is 185 cm³/mol. The number of hydrogen-bond donors (Lipinski definition) is 1. The number of phenols is 1. The largest absolute Gasteiger partial charge is 0.508 e. The molecule has 0 amide bonds. The minimum atomic E-state index is 0. The molecule has 226 valence electrons. The highest BCUT2D eigenvalue weighted by atomic mass is 35.5. The third-order valence-corrected chi connectivity index (χ3v) is 7.32. The molecule has 0 heterocycles. The Bertz CT molecular complexity index is 894. The molecule has 0 saturated carbocycles. The Balaban J connectivity index is -0.000000138. The second-order valence-corrected chi connectivity index (χ2v) is 9.87. The van der Waals surface area contributed by atoms with E-state index in [1.54, 1.807) is 23.3 Å². The Morgan fingerprint density at radius 3 is 1.51 bits per heavy atom. The topological polar surface area (TPSA) is 20.2 Å². The van der Waals surface area contributed by atoms with E-state index >= 15 is 0 Å². The van der Waals surface area contributed by atoms with Gasteiger partial charge in [-0.05, 0) is 89.5 Å². The molecule has 0 bridgehead atoms. The van der Waals surface area contributed by atoms with Crippen molar-refractivity contribution in [3.63, 3.8) is 0 Å². The van der Waals surface area contributed by atoms with Gasteiger partial charge >= 0.3 is 0 Å². The number of halogens is 1. The zero-order chi connectivity index (χ0) is 24.4. The molecular weight excluding hydrogens is 496 g/mol. The molecular formula is C37H65ClO. The Kier molecular flexibility index (Phi) is 28.2. The van der Waals surface area contributed by atoms with Crippen LogP contribution in [0.2, 0.25) is 5.02 Å². The summed E-state index contributed by atoms with van der Waals surface area (Å²) >= 11 is 5.76. The quantitative estimate of drug-likeness (QED) is 0.336. The van der Waals surface area contributed by atoms with Crippen molar-refractivity contribution in [2.24, 2.45) is 5.92 Å². The molecule has 3 aromatic rings. The van der Waals surface area contributed by atoms with Gasteiger partial charge in [-0.25, -0.2) is 0 Å². The summed E-state index contributed by atoms with van der Waals surface area (Å²) in [5.74, 6) is 3.19. The van der Waals surface area contributed by atoms with Crippen molar-refractivity contribution in [1.82, 2.24) is 0 Å². The molecule has 0 fully saturated rings. The fourth-order valence-corrected chi connectivity index (χ4v) is 4.19. The van der Waals surface area contributed by atoms with E-state index in [2.05, 4.69) is 77.9 Å². The molecule has 1 N–H and O–H groups in total. The molecule has 1 aliphatic carbocycles. The molecule has 0 aromatic heterocycles. The number of hydrogen-bond acceptors (Lipinski definition) is 1. The van der Waals surface area contributed by atoms with Crippen LogP contribution in [0.15, 0.2) is 72.8 Å². The van der Waals surface area contributed by atoms with E-state index in [0.717, 1.165) is 23.3 Å². The van der Waals surface area contributed by atoms with E-state index in [4.69, 9.17) is 16.7 Å². The maximum Gasteiger partial charge on any atom is 0.115 e.